The largest absolute Gasteiger partial charge is 0.480 e. The summed E-state index contributed by atoms with van der Waals surface area (Å²) in [4.78, 5) is 40.3. The fourth-order valence-electron chi connectivity index (χ4n) is 11.5. The number of methoxy groups -OCH3 is 1. The van der Waals surface area contributed by atoms with E-state index in [9.17, 15) is 24.6 Å². The van der Waals surface area contributed by atoms with E-state index in [1.165, 1.54) is 18.4 Å². The van der Waals surface area contributed by atoms with E-state index in [1.807, 2.05) is 13.0 Å². The minimum absolute atomic E-state index is 0.162. The molecule has 1 aromatic carbocycles. The molecule has 10 nitrogen and oxygen atoms in total. The van der Waals surface area contributed by atoms with Crippen LogP contribution in [0.1, 0.15) is 111 Å². The summed E-state index contributed by atoms with van der Waals surface area (Å²) >= 11 is 0. The molecule has 270 valence electrons. The fraction of sp³-hybridized carbons (Fsp3) is 0.769. The normalized spacial score (nSPS) is 36.0. The topological polar surface area (TPSA) is 135 Å². The van der Waals surface area contributed by atoms with Crippen LogP contribution in [0.15, 0.2) is 12.1 Å². The van der Waals surface area contributed by atoms with Crippen LogP contribution in [0.3, 0.4) is 0 Å². The zero-order valence-corrected chi connectivity index (χ0v) is 30.6. The molecule has 0 aromatic heterocycles. The summed E-state index contributed by atoms with van der Waals surface area (Å²) in [6.45, 7) is 16.1. The number of carboxylic acids is 1. The Bertz CT molecular complexity index is 1560. The summed E-state index contributed by atoms with van der Waals surface area (Å²) in [7, 11) is 1.78. The number of aliphatic carboxylic acids is 1. The van der Waals surface area contributed by atoms with Gasteiger partial charge in [0.15, 0.2) is 11.5 Å². The Morgan fingerprint density at radius 3 is 2.43 bits per heavy atom. The summed E-state index contributed by atoms with van der Waals surface area (Å²) in [6.07, 6.45) is 6.59. The molecule has 1 amide bonds. The fourth-order valence-corrected chi connectivity index (χ4v) is 11.5. The van der Waals surface area contributed by atoms with Crippen LogP contribution in [0.5, 0.6) is 11.5 Å². The van der Waals surface area contributed by atoms with E-state index in [4.69, 9.17) is 14.2 Å². The van der Waals surface area contributed by atoms with Crippen LogP contribution in [0, 0.1) is 28.6 Å². The third kappa shape index (κ3) is 4.57. The molecule has 5 aliphatic carbocycles. The van der Waals surface area contributed by atoms with E-state index in [0.29, 0.717) is 17.5 Å². The predicted molar refractivity (Wildman–Crippen MR) is 182 cm³/mol. The average Bonchev–Trinajstić information content (AvgIpc) is 3.79. The van der Waals surface area contributed by atoms with Crippen LogP contribution in [-0.4, -0.2) is 82.0 Å². The van der Waals surface area contributed by atoms with Crippen molar-refractivity contribution in [2.75, 3.05) is 20.2 Å². The molecule has 5 fully saturated rings. The molecule has 10 heteroatoms. The van der Waals surface area contributed by atoms with Crippen LogP contribution in [0.4, 0.5) is 0 Å². The van der Waals surface area contributed by atoms with Crippen LogP contribution >= 0.6 is 0 Å². The van der Waals surface area contributed by atoms with Gasteiger partial charge in [0.2, 0.25) is 5.91 Å². The van der Waals surface area contributed by atoms with Gasteiger partial charge in [0, 0.05) is 43.0 Å². The number of piperidine rings is 1. The Labute approximate surface area is 290 Å². The lowest BCUT2D eigenvalue weighted by atomic mass is 9.30. The highest BCUT2D eigenvalue weighted by molar-refractivity contribution is 5.86. The van der Waals surface area contributed by atoms with Crippen molar-refractivity contribution in [2.24, 2.45) is 28.6 Å². The quantitative estimate of drug-likeness (QED) is 0.218. The first kappa shape index (κ1) is 34.7. The summed E-state index contributed by atoms with van der Waals surface area (Å²) in [6, 6.07) is 3.23. The van der Waals surface area contributed by atoms with Gasteiger partial charge in [-0.3, -0.25) is 14.5 Å². The van der Waals surface area contributed by atoms with Gasteiger partial charge in [-0.25, -0.2) is 4.79 Å². The van der Waals surface area contributed by atoms with Crippen molar-refractivity contribution in [3.05, 3.63) is 23.3 Å². The number of carbonyl (C=O) groups excluding carboxylic acids is 2. The van der Waals surface area contributed by atoms with Crippen LogP contribution in [0.25, 0.3) is 0 Å². The van der Waals surface area contributed by atoms with Crippen LogP contribution in [-0.2, 0) is 31.0 Å². The summed E-state index contributed by atoms with van der Waals surface area (Å²) < 4.78 is 20.1. The van der Waals surface area contributed by atoms with Gasteiger partial charge in [0.25, 0.3) is 0 Å². The zero-order chi connectivity index (χ0) is 35.5. The highest BCUT2D eigenvalue weighted by atomic mass is 16.6. The number of amides is 1. The van der Waals surface area contributed by atoms with E-state index in [1.54, 1.807) is 21.0 Å². The molecule has 1 aromatic rings. The second-order valence-corrected chi connectivity index (χ2v) is 17.9. The lowest BCUT2D eigenvalue weighted by Gasteiger charge is -2.78. The lowest BCUT2D eigenvalue weighted by molar-refractivity contribution is -0.345. The summed E-state index contributed by atoms with van der Waals surface area (Å²) in [5, 5.41) is 24.5. The number of nitrogens with one attached hydrogen (secondary N) is 1. The molecule has 49 heavy (non-hydrogen) atoms. The first-order valence-electron chi connectivity index (χ1n) is 18.5. The van der Waals surface area contributed by atoms with Crippen molar-refractivity contribution in [3.8, 4) is 11.5 Å². The highest BCUT2D eigenvalue weighted by Gasteiger charge is 2.87. The van der Waals surface area contributed by atoms with Crippen molar-refractivity contribution < 1.29 is 38.8 Å². The predicted octanol–water partition coefficient (Wildman–Crippen LogP) is 5.01. The number of carbonyl (C=O) groups is 3. The number of rotatable bonds is 11. The standard InChI is InChI=1S/C39H56N2O8/c1-22(2)31(33(44)45)40-28(42)13-14-29(43)48-25-12-11-24-19-27-37-15-16-39(47-8,26(20-37)35(6,46)34(3,4)5)36(7)38(37,30(24)32(25)49-36)17-18-41(27)21-23-9-10-23/h11-12,22-23,26-27,31,46H,9-10,13-21H2,1-8H3,(H,40,42)(H,44,45). The van der Waals surface area contributed by atoms with Crippen molar-refractivity contribution in [1.29, 1.82) is 0 Å². The molecule has 0 radical (unpaired) electrons. The third-order valence-corrected chi connectivity index (χ3v) is 14.5. The minimum Gasteiger partial charge on any atom is -0.480 e. The Balaban J connectivity index is 1.27. The molecule has 8 atom stereocenters. The van der Waals surface area contributed by atoms with E-state index >= 15 is 0 Å². The van der Waals surface area contributed by atoms with Crippen molar-refractivity contribution in [3.63, 3.8) is 0 Å². The summed E-state index contributed by atoms with van der Waals surface area (Å²) in [5.74, 6) is -0.984. The molecule has 2 spiro atoms. The monoisotopic (exact) mass is 680 g/mol. The van der Waals surface area contributed by atoms with Crippen molar-refractivity contribution >= 4 is 17.8 Å². The molecule has 2 heterocycles. The summed E-state index contributed by atoms with van der Waals surface area (Å²) in [5.41, 5.74) is -1.27. The maximum Gasteiger partial charge on any atom is 0.326 e. The third-order valence-electron chi connectivity index (χ3n) is 14.5. The van der Waals surface area contributed by atoms with Gasteiger partial charge in [0.05, 0.1) is 17.4 Å². The Morgan fingerprint density at radius 1 is 1.10 bits per heavy atom. The van der Waals surface area contributed by atoms with Gasteiger partial charge in [-0.15, -0.1) is 0 Å². The van der Waals surface area contributed by atoms with Crippen molar-refractivity contribution in [2.45, 2.75) is 141 Å². The van der Waals surface area contributed by atoms with Crippen LogP contribution in [0.2, 0.25) is 0 Å². The molecule has 2 aliphatic heterocycles. The Morgan fingerprint density at radius 2 is 1.82 bits per heavy atom. The second-order valence-electron chi connectivity index (χ2n) is 17.9. The lowest BCUT2D eigenvalue weighted by Crippen LogP contribution is -2.87. The SMILES string of the molecule is COC12CCC3(CC1C(C)(O)C(C)(C)C)C1Cc4ccc(OC(=O)CCC(=O)NC(C(=O)O)C(C)C)c5c4C3(CCN1CC1CC1)C2(C)O5. The van der Waals surface area contributed by atoms with E-state index in [-0.39, 0.29) is 30.1 Å². The number of esters is 1. The van der Waals surface area contributed by atoms with E-state index in [0.717, 1.165) is 56.7 Å². The number of hydrogen-bond acceptors (Lipinski definition) is 8. The number of benzene rings is 1. The van der Waals surface area contributed by atoms with Gasteiger partial charge in [-0.05, 0) is 94.2 Å². The van der Waals surface area contributed by atoms with Gasteiger partial charge in [0.1, 0.15) is 17.2 Å². The minimum atomic E-state index is -1.11. The van der Waals surface area contributed by atoms with E-state index in [2.05, 4.69) is 44.0 Å². The first-order chi connectivity index (χ1) is 22.9. The van der Waals surface area contributed by atoms with Gasteiger partial charge in [-0.1, -0.05) is 40.7 Å². The molecule has 8 rings (SSSR count). The van der Waals surface area contributed by atoms with Crippen molar-refractivity contribution in [1.82, 2.24) is 10.2 Å². The number of aliphatic hydroxyl groups is 1. The molecular weight excluding hydrogens is 624 g/mol. The highest BCUT2D eigenvalue weighted by Crippen LogP contribution is 2.81. The second kappa shape index (κ2) is 11.2. The molecule has 1 saturated heterocycles. The smallest absolute Gasteiger partial charge is 0.326 e. The van der Waals surface area contributed by atoms with Crippen LogP contribution < -0.4 is 14.8 Å². The van der Waals surface area contributed by atoms with Gasteiger partial charge in [-0.2, -0.15) is 0 Å². The van der Waals surface area contributed by atoms with E-state index < -0.39 is 51.5 Å². The maximum absolute atomic E-state index is 13.3. The average molecular weight is 681 g/mol. The number of fused-ring (bicyclic) bond motifs is 2. The molecule has 8 unspecified atom stereocenters. The molecular formula is C39H56N2O8. The van der Waals surface area contributed by atoms with Gasteiger partial charge >= 0.3 is 11.9 Å². The Hall–Kier alpha value is -2.69. The van der Waals surface area contributed by atoms with Gasteiger partial charge < -0.3 is 29.7 Å². The molecule has 4 bridgehead atoms. The molecule has 7 aliphatic rings. The zero-order valence-electron chi connectivity index (χ0n) is 30.6. The number of carboxylic acid groups (broad SMARTS) is 1. The first-order valence-corrected chi connectivity index (χ1v) is 18.5. The number of likely N-dealkylation sites (tertiary alicyclic amines) is 1. The Kier molecular flexibility index (Phi) is 7.91. The molecule has 3 N–H and O–H groups in total. The molecule has 4 saturated carbocycles. The maximum atomic E-state index is 13.3. The number of nitrogens with zero attached hydrogens (tertiary/aromatic N) is 1. The number of hydrogen-bond donors (Lipinski definition) is 3. The number of ether oxygens (including phenoxy) is 3.